The summed E-state index contributed by atoms with van der Waals surface area (Å²) in [5.41, 5.74) is -1.98. The van der Waals surface area contributed by atoms with Gasteiger partial charge in [0.05, 0.1) is 10.3 Å². The van der Waals surface area contributed by atoms with Gasteiger partial charge in [-0.15, -0.1) is 0 Å². The number of hydrogen-bond acceptors (Lipinski definition) is 5. The molecule has 0 aliphatic carbocycles. The molecule has 1 rings (SSSR count). The molecule has 0 aliphatic rings. The van der Waals surface area contributed by atoms with Crippen molar-refractivity contribution in [2.75, 3.05) is 6.61 Å². The van der Waals surface area contributed by atoms with E-state index < -0.39 is 22.3 Å². The van der Waals surface area contributed by atoms with Crippen LogP contribution in [0.4, 0.5) is 5.69 Å². The molecule has 0 saturated carbocycles. The fourth-order valence-electron chi connectivity index (χ4n) is 1.24. The summed E-state index contributed by atoms with van der Waals surface area (Å²) in [7, 11) is 0. The summed E-state index contributed by atoms with van der Waals surface area (Å²) in [6.07, 6.45) is 0. The van der Waals surface area contributed by atoms with Crippen LogP contribution in [-0.4, -0.2) is 33.7 Å². The second-order valence-electron chi connectivity index (χ2n) is 4.72. The van der Waals surface area contributed by atoms with E-state index in [1.165, 1.54) is 13.8 Å². The molecule has 1 aromatic carbocycles. The highest BCUT2D eigenvalue weighted by atomic mass is 16.6. The van der Waals surface area contributed by atoms with Gasteiger partial charge >= 0.3 is 11.9 Å². The van der Waals surface area contributed by atoms with Gasteiger partial charge in [-0.1, -0.05) is 0 Å². The Bertz CT molecular complexity index is 565. The predicted molar refractivity (Wildman–Crippen MR) is 67.0 cm³/mol. The second kappa shape index (κ2) is 5.55. The van der Waals surface area contributed by atoms with Crippen LogP contribution in [0.1, 0.15) is 24.2 Å². The zero-order valence-corrected chi connectivity index (χ0v) is 10.8. The van der Waals surface area contributed by atoms with E-state index in [0.29, 0.717) is 0 Å². The maximum atomic E-state index is 11.0. The average molecular weight is 283 g/mol. The number of carboxylic acids is 2. The number of ether oxygens (including phenoxy) is 1. The van der Waals surface area contributed by atoms with Crippen LogP contribution < -0.4 is 4.74 Å². The van der Waals surface area contributed by atoms with E-state index in [1.54, 1.807) is 0 Å². The predicted octanol–water partition coefficient (Wildman–Crippen LogP) is 1.78. The van der Waals surface area contributed by atoms with Crippen molar-refractivity contribution in [1.29, 1.82) is 0 Å². The molecular weight excluding hydrogens is 270 g/mol. The minimum Gasteiger partial charge on any atom is -0.492 e. The molecule has 0 radical (unpaired) electrons. The van der Waals surface area contributed by atoms with Crippen LogP contribution in [0.15, 0.2) is 18.2 Å². The van der Waals surface area contributed by atoms with E-state index in [2.05, 4.69) is 0 Å². The van der Waals surface area contributed by atoms with Crippen molar-refractivity contribution in [3.05, 3.63) is 33.9 Å². The third-order valence-corrected chi connectivity index (χ3v) is 2.57. The highest BCUT2D eigenvalue weighted by molar-refractivity contribution is 5.91. The Morgan fingerprint density at radius 1 is 1.35 bits per heavy atom. The van der Waals surface area contributed by atoms with Gasteiger partial charge < -0.3 is 14.9 Å². The van der Waals surface area contributed by atoms with Crippen molar-refractivity contribution in [2.24, 2.45) is 5.41 Å². The number of nitro benzene ring substituents is 1. The molecule has 0 saturated heterocycles. The smallest absolute Gasteiger partial charge is 0.339 e. The lowest BCUT2D eigenvalue weighted by atomic mass is 9.95. The second-order valence-corrected chi connectivity index (χ2v) is 4.72. The highest BCUT2D eigenvalue weighted by Gasteiger charge is 2.29. The Kier molecular flexibility index (Phi) is 4.28. The van der Waals surface area contributed by atoms with Crippen molar-refractivity contribution in [2.45, 2.75) is 13.8 Å². The van der Waals surface area contributed by atoms with E-state index in [1.807, 2.05) is 0 Å². The first-order chi connectivity index (χ1) is 9.15. The number of nitro groups is 1. The summed E-state index contributed by atoms with van der Waals surface area (Å²) in [5.74, 6) is -2.61. The van der Waals surface area contributed by atoms with Crippen LogP contribution in [0.5, 0.6) is 5.75 Å². The maximum absolute atomic E-state index is 11.0. The largest absolute Gasteiger partial charge is 0.492 e. The molecule has 0 amide bonds. The van der Waals surface area contributed by atoms with Gasteiger partial charge in [0, 0.05) is 12.1 Å². The fourth-order valence-corrected chi connectivity index (χ4v) is 1.24. The molecule has 20 heavy (non-hydrogen) atoms. The Morgan fingerprint density at radius 2 is 1.95 bits per heavy atom. The lowest BCUT2D eigenvalue weighted by molar-refractivity contribution is -0.384. The first kappa shape index (κ1) is 15.4. The number of carbonyl (C=O) groups is 2. The number of aromatic carboxylic acids is 1. The monoisotopic (exact) mass is 283 g/mol. The molecule has 0 bridgehead atoms. The summed E-state index contributed by atoms with van der Waals surface area (Å²) < 4.78 is 5.18. The molecule has 8 nitrogen and oxygen atoms in total. The number of non-ortho nitro benzene ring substituents is 1. The van der Waals surface area contributed by atoms with Crippen molar-refractivity contribution in [3.8, 4) is 5.75 Å². The zero-order chi connectivity index (χ0) is 15.5. The van der Waals surface area contributed by atoms with Gasteiger partial charge in [-0.2, -0.15) is 0 Å². The van der Waals surface area contributed by atoms with Crippen molar-refractivity contribution in [3.63, 3.8) is 0 Å². The van der Waals surface area contributed by atoms with E-state index in [9.17, 15) is 19.7 Å². The standard InChI is InChI=1S/C12H13NO7/c1-12(2,11(16)17)6-20-9-4-3-7(13(18)19)5-8(9)10(14)15/h3-5H,6H2,1-2H3,(H,14,15)(H,16,17). The molecule has 0 heterocycles. The summed E-state index contributed by atoms with van der Waals surface area (Å²) in [6, 6.07) is 3.10. The van der Waals surface area contributed by atoms with Crippen molar-refractivity contribution >= 4 is 17.6 Å². The third-order valence-electron chi connectivity index (χ3n) is 2.57. The molecule has 2 N–H and O–H groups in total. The Morgan fingerprint density at radius 3 is 2.40 bits per heavy atom. The molecule has 8 heteroatoms. The third kappa shape index (κ3) is 3.44. The topological polar surface area (TPSA) is 127 Å². The van der Waals surface area contributed by atoms with Crippen LogP contribution >= 0.6 is 0 Å². The van der Waals surface area contributed by atoms with Crippen molar-refractivity contribution < 1.29 is 29.5 Å². The summed E-state index contributed by atoms with van der Waals surface area (Å²) in [6.45, 7) is 2.57. The van der Waals surface area contributed by atoms with Gasteiger partial charge in [0.2, 0.25) is 0 Å². The molecule has 0 aromatic heterocycles. The first-order valence-electron chi connectivity index (χ1n) is 5.53. The fraction of sp³-hybridized carbons (Fsp3) is 0.333. The van der Waals surface area contributed by atoms with Crippen LogP contribution in [0, 0.1) is 15.5 Å². The lowest BCUT2D eigenvalue weighted by Crippen LogP contribution is -2.31. The number of rotatable bonds is 6. The molecule has 0 unspecified atom stereocenters. The number of hydrogen-bond donors (Lipinski definition) is 2. The molecule has 0 fully saturated rings. The van der Waals surface area contributed by atoms with Crippen LogP contribution in [0.2, 0.25) is 0 Å². The van der Waals surface area contributed by atoms with E-state index in [4.69, 9.17) is 14.9 Å². The lowest BCUT2D eigenvalue weighted by Gasteiger charge is -2.20. The van der Waals surface area contributed by atoms with E-state index >= 15 is 0 Å². The van der Waals surface area contributed by atoms with Crippen LogP contribution in [0.3, 0.4) is 0 Å². The van der Waals surface area contributed by atoms with Crippen LogP contribution in [-0.2, 0) is 4.79 Å². The first-order valence-corrected chi connectivity index (χ1v) is 5.53. The van der Waals surface area contributed by atoms with Gasteiger partial charge in [0.25, 0.3) is 5.69 Å². The van der Waals surface area contributed by atoms with Crippen molar-refractivity contribution in [1.82, 2.24) is 0 Å². The minimum absolute atomic E-state index is 0.113. The molecular formula is C12H13NO7. The normalized spacial score (nSPS) is 10.9. The number of benzene rings is 1. The van der Waals surface area contributed by atoms with E-state index in [-0.39, 0.29) is 23.6 Å². The summed E-state index contributed by atoms with van der Waals surface area (Å²) in [5, 5.41) is 28.5. The molecule has 0 spiro atoms. The molecule has 108 valence electrons. The quantitative estimate of drug-likeness (QED) is 0.601. The summed E-state index contributed by atoms with van der Waals surface area (Å²) in [4.78, 5) is 31.8. The number of nitrogens with zero attached hydrogens (tertiary/aromatic N) is 1. The molecule has 0 atom stereocenters. The van der Waals surface area contributed by atoms with Crippen LogP contribution in [0.25, 0.3) is 0 Å². The molecule has 0 aliphatic heterocycles. The maximum Gasteiger partial charge on any atom is 0.339 e. The van der Waals surface area contributed by atoms with Gasteiger partial charge in [0.1, 0.15) is 17.9 Å². The summed E-state index contributed by atoms with van der Waals surface area (Å²) >= 11 is 0. The number of carboxylic acid groups (broad SMARTS) is 2. The van der Waals surface area contributed by atoms with Gasteiger partial charge in [0.15, 0.2) is 0 Å². The zero-order valence-electron chi connectivity index (χ0n) is 10.8. The Labute approximate surface area is 113 Å². The SMILES string of the molecule is CC(C)(COc1ccc([N+](=O)[O-])cc1C(=O)O)C(=O)O. The number of aliphatic carboxylic acids is 1. The minimum atomic E-state index is -1.39. The average Bonchev–Trinajstić information content (AvgIpc) is 2.35. The van der Waals surface area contributed by atoms with E-state index in [0.717, 1.165) is 18.2 Å². The highest BCUT2D eigenvalue weighted by Crippen LogP contribution is 2.26. The Balaban J connectivity index is 3.04. The van der Waals surface area contributed by atoms with Gasteiger partial charge in [-0.3, -0.25) is 14.9 Å². The van der Waals surface area contributed by atoms with Gasteiger partial charge in [-0.05, 0) is 19.9 Å². The molecule has 1 aromatic rings. The Hall–Kier alpha value is -2.64. The van der Waals surface area contributed by atoms with Gasteiger partial charge in [-0.25, -0.2) is 4.79 Å².